The number of imidazole rings is 1. The lowest BCUT2D eigenvalue weighted by molar-refractivity contribution is -0.141. The van der Waals surface area contributed by atoms with Gasteiger partial charge >= 0.3 is 5.69 Å². The summed E-state index contributed by atoms with van der Waals surface area (Å²) in [6, 6.07) is 13.7. The first kappa shape index (κ1) is 19.9. The van der Waals surface area contributed by atoms with Crippen LogP contribution >= 0.6 is 0 Å². The van der Waals surface area contributed by atoms with Crippen LogP contribution in [0.2, 0.25) is 0 Å². The number of nitrogens with one attached hydrogen (secondary N) is 1. The Morgan fingerprint density at radius 1 is 1.16 bits per heavy atom. The third-order valence-electron chi connectivity index (χ3n) is 6.69. The number of benzene rings is 2. The number of fused-ring (bicyclic) bond motifs is 3. The number of para-hydroxylation sites is 2. The summed E-state index contributed by atoms with van der Waals surface area (Å²) in [6.07, 6.45) is 2.68. The third kappa shape index (κ3) is 3.43. The molecule has 2 aromatic carbocycles. The molecule has 0 saturated carbocycles. The van der Waals surface area contributed by atoms with Gasteiger partial charge in [0.2, 0.25) is 5.91 Å². The number of hydrogen-bond donors (Lipinski definition) is 1. The van der Waals surface area contributed by atoms with E-state index in [0.29, 0.717) is 32.7 Å². The second-order valence-electron chi connectivity index (χ2n) is 8.32. The van der Waals surface area contributed by atoms with E-state index in [1.165, 1.54) is 5.56 Å². The van der Waals surface area contributed by atoms with Gasteiger partial charge in [-0.2, -0.15) is 0 Å². The van der Waals surface area contributed by atoms with Crippen molar-refractivity contribution in [3.8, 4) is 5.75 Å². The second kappa shape index (κ2) is 7.89. The summed E-state index contributed by atoms with van der Waals surface area (Å²) >= 11 is 0. The van der Waals surface area contributed by atoms with Gasteiger partial charge in [0, 0.05) is 31.6 Å². The first-order valence-electron chi connectivity index (χ1n) is 10.9. The zero-order valence-corrected chi connectivity index (χ0v) is 17.7. The molecule has 7 heteroatoms. The maximum atomic E-state index is 12.9. The largest absolute Gasteiger partial charge is 0.496 e. The summed E-state index contributed by atoms with van der Waals surface area (Å²) in [6.45, 7) is 2.34. The summed E-state index contributed by atoms with van der Waals surface area (Å²) in [4.78, 5) is 29.9. The number of amides is 1. The molecule has 162 valence electrons. The van der Waals surface area contributed by atoms with Crippen molar-refractivity contribution in [3.05, 3.63) is 64.1 Å². The van der Waals surface area contributed by atoms with Gasteiger partial charge in [-0.3, -0.25) is 9.36 Å². The first-order chi connectivity index (χ1) is 15.1. The van der Waals surface area contributed by atoms with Gasteiger partial charge in [0.15, 0.2) is 0 Å². The van der Waals surface area contributed by atoms with Gasteiger partial charge in [-0.05, 0) is 43.0 Å². The first-order valence-corrected chi connectivity index (χ1v) is 10.9. The van der Waals surface area contributed by atoms with Gasteiger partial charge in [-0.1, -0.05) is 24.3 Å². The van der Waals surface area contributed by atoms with Crippen molar-refractivity contribution < 1.29 is 14.3 Å². The van der Waals surface area contributed by atoms with Crippen molar-refractivity contribution in [2.24, 2.45) is 0 Å². The molecule has 0 bridgehead atoms. The van der Waals surface area contributed by atoms with Crippen LogP contribution in [0.4, 0.5) is 0 Å². The van der Waals surface area contributed by atoms with Crippen molar-refractivity contribution in [1.82, 2.24) is 14.5 Å². The average molecular weight is 421 g/mol. The lowest BCUT2D eigenvalue weighted by Gasteiger charge is -2.45. The molecule has 1 saturated heterocycles. The van der Waals surface area contributed by atoms with Gasteiger partial charge in [0.25, 0.3) is 0 Å². The van der Waals surface area contributed by atoms with Crippen molar-refractivity contribution in [3.63, 3.8) is 0 Å². The number of methoxy groups -OCH3 is 1. The summed E-state index contributed by atoms with van der Waals surface area (Å²) in [5.74, 6) is 0.943. The zero-order chi connectivity index (χ0) is 21.4. The van der Waals surface area contributed by atoms with Crippen molar-refractivity contribution in [2.45, 2.75) is 37.8 Å². The molecule has 3 heterocycles. The Labute approximate surface area is 180 Å². The molecule has 3 aromatic rings. The van der Waals surface area contributed by atoms with E-state index in [1.807, 2.05) is 41.3 Å². The number of aryl methyl sites for hydroxylation is 1. The minimum atomic E-state index is -0.384. The molecule has 7 nitrogen and oxygen atoms in total. The SMILES string of the molecule is COc1cccc2c1C1(CCN(C(=O)CCn3c(=O)[nH]c4ccccc43)CC1)OCC2. The highest BCUT2D eigenvalue weighted by atomic mass is 16.5. The van der Waals surface area contributed by atoms with Crippen LogP contribution in [0.5, 0.6) is 5.75 Å². The van der Waals surface area contributed by atoms with Gasteiger partial charge in [0.05, 0.1) is 24.8 Å². The highest BCUT2D eigenvalue weighted by Gasteiger charge is 2.43. The molecule has 0 atom stereocenters. The van der Waals surface area contributed by atoms with Crippen LogP contribution < -0.4 is 10.4 Å². The van der Waals surface area contributed by atoms with Crippen molar-refractivity contribution in [2.75, 3.05) is 26.8 Å². The maximum absolute atomic E-state index is 12.9. The van der Waals surface area contributed by atoms with Gasteiger partial charge in [-0.15, -0.1) is 0 Å². The molecule has 1 aromatic heterocycles. The van der Waals surface area contributed by atoms with E-state index < -0.39 is 0 Å². The topological polar surface area (TPSA) is 76.6 Å². The molecule has 1 spiro atoms. The molecule has 5 rings (SSSR count). The minimum Gasteiger partial charge on any atom is -0.496 e. The smallest absolute Gasteiger partial charge is 0.326 e. The number of ether oxygens (including phenoxy) is 2. The van der Waals surface area contributed by atoms with Crippen LogP contribution in [0.25, 0.3) is 11.0 Å². The molecule has 0 aliphatic carbocycles. The lowest BCUT2D eigenvalue weighted by atomic mass is 9.78. The van der Waals surface area contributed by atoms with Gasteiger partial charge in [0.1, 0.15) is 11.4 Å². The summed E-state index contributed by atoms with van der Waals surface area (Å²) in [7, 11) is 1.70. The number of rotatable bonds is 4. The van der Waals surface area contributed by atoms with Crippen LogP contribution in [-0.4, -0.2) is 47.2 Å². The second-order valence-corrected chi connectivity index (χ2v) is 8.32. The highest BCUT2D eigenvalue weighted by molar-refractivity contribution is 5.77. The zero-order valence-electron chi connectivity index (χ0n) is 17.7. The molecular formula is C24H27N3O4. The lowest BCUT2D eigenvalue weighted by Crippen LogP contribution is -2.48. The van der Waals surface area contributed by atoms with Crippen LogP contribution in [0.1, 0.15) is 30.4 Å². The average Bonchev–Trinajstić information content (AvgIpc) is 3.12. The Balaban J connectivity index is 1.28. The van der Waals surface area contributed by atoms with E-state index in [4.69, 9.17) is 9.47 Å². The highest BCUT2D eigenvalue weighted by Crippen LogP contribution is 2.45. The Morgan fingerprint density at radius 3 is 2.77 bits per heavy atom. The summed E-state index contributed by atoms with van der Waals surface area (Å²) in [5, 5.41) is 0. The van der Waals surface area contributed by atoms with E-state index in [0.717, 1.165) is 41.6 Å². The minimum absolute atomic E-state index is 0.0723. The Hall–Kier alpha value is -3.06. The predicted molar refractivity (Wildman–Crippen MR) is 117 cm³/mol. The molecule has 0 radical (unpaired) electrons. The number of H-pyrrole nitrogens is 1. The van der Waals surface area contributed by atoms with Gasteiger partial charge in [-0.25, -0.2) is 4.79 Å². The van der Waals surface area contributed by atoms with Crippen LogP contribution in [0, 0.1) is 0 Å². The molecular weight excluding hydrogens is 394 g/mol. The fraction of sp³-hybridized carbons (Fsp3) is 0.417. The number of nitrogens with zero attached hydrogens (tertiary/aromatic N) is 2. The normalized spacial score (nSPS) is 17.6. The van der Waals surface area contributed by atoms with E-state index in [1.54, 1.807) is 11.7 Å². The molecule has 2 aliphatic rings. The molecule has 1 N–H and O–H groups in total. The number of carbonyl (C=O) groups is 1. The fourth-order valence-corrected chi connectivity index (χ4v) is 5.11. The Bertz CT molecular complexity index is 1160. The molecule has 2 aliphatic heterocycles. The maximum Gasteiger partial charge on any atom is 0.326 e. The molecule has 31 heavy (non-hydrogen) atoms. The van der Waals surface area contributed by atoms with Crippen LogP contribution in [0.3, 0.4) is 0 Å². The Kier molecular flexibility index (Phi) is 5.06. The standard InChI is InChI=1S/C24H27N3O4/c1-30-20-8-4-5-17-10-16-31-24(22(17)20)11-14-26(15-12-24)21(28)9-13-27-19-7-3-2-6-18(19)25-23(27)29/h2-8H,9-16H2,1H3,(H,25,29). The summed E-state index contributed by atoms with van der Waals surface area (Å²) < 4.78 is 13.6. The Morgan fingerprint density at radius 2 is 1.97 bits per heavy atom. The summed E-state index contributed by atoms with van der Waals surface area (Å²) in [5.41, 5.74) is 3.50. The monoisotopic (exact) mass is 421 g/mol. The molecule has 0 unspecified atom stereocenters. The van der Waals surface area contributed by atoms with Gasteiger partial charge < -0.3 is 19.4 Å². The number of piperidine rings is 1. The van der Waals surface area contributed by atoms with Crippen LogP contribution in [-0.2, 0) is 28.1 Å². The molecule has 1 fully saturated rings. The van der Waals surface area contributed by atoms with Crippen molar-refractivity contribution in [1.29, 1.82) is 0 Å². The fourth-order valence-electron chi connectivity index (χ4n) is 5.11. The van der Waals surface area contributed by atoms with E-state index in [9.17, 15) is 9.59 Å². The van der Waals surface area contributed by atoms with Crippen LogP contribution in [0.15, 0.2) is 47.3 Å². The number of likely N-dealkylation sites (tertiary alicyclic amines) is 1. The number of hydrogen-bond acceptors (Lipinski definition) is 4. The van der Waals surface area contributed by atoms with E-state index in [2.05, 4.69) is 11.1 Å². The predicted octanol–water partition coefficient (Wildman–Crippen LogP) is 2.82. The quantitative estimate of drug-likeness (QED) is 0.703. The van der Waals surface area contributed by atoms with E-state index in [-0.39, 0.29) is 17.2 Å². The molecule has 1 amide bonds. The number of aromatic nitrogens is 2. The van der Waals surface area contributed by atoms with Crippen molar-refractivity contribution >= 4 is 16.9 Å². The number of aromatic amines is 1. The third-order valence-corrected chi connectivity index (χ3v) is 6.69. The van der Waals surface area contributed by atoms with E-state index >= 15 is 0 Å². The number of carbonyl (C=O) groups excluding carboxylic acids is 1.